The van der Waals surface area contributed by atoms with E-state index in [-0.39, 0.29) is 5.54 Å². The number of para-hydroxylation sites is 2. The Kier molecular flexibility index (Phi) is 1.89. The van der Waals surface area contributed by atoms with E-state index < -0.39 is 0 Å². The maximum absolute atomic E-state index is 5.82. The molecule has 0 aliphatic carbocycles. The Morgan fingerprint density at radius 2 is 1.27 bits per heavy atom. The molecule has 0 bridgehead atoms. The largest absolute Gasteiger partial charge is 0.457 e. The van der Waals surface area contributed by atoms with E-state index in [1.54, 1.807) is 0 Å². The molecule has 0 saturated carbocycles. The zero-order chi connectivity index (χ0) is 10.3. The number of fused-ring (bicyclic) bond motifs is 2. The molecule has 0 amide bonds. The molecule has 1 aliphatic heterocycles. The lowest BCUT2D eigenvalue weighted by atomic mass is 10.00. The first-order chi connectivity index (χ1) is 7.36. The molecule has 1 aliphatic rings. The molecule has 0 unspecified atom stereocenters. The number of hydrogen-bond acceptors (Lipinski definition) is 1. The van der Waals surface area contributed by atoms with Gasteiger partial charge in [0.2, 0.25) is 0 Å². The fourth-order valence-electron chi connectivity index (χ4n) is 1.91. The Labute approximate surface area is 92.1 Å². The Balaban J connectivity index is 2.20. The van der Waals surface area contributed by atoms with Crippen molar-refractivity contribution in [1.82, 2.24) is 0 Å². The average Bonchev–Trinajstić information content (AvgIpc) is 2.30. The van der Waals surface area contributed by atoms with Crippen LogP contribution in [0.25, 0.3) is 0 Å². The van der Waals surface area contributed by atoms with Gasteiger partial charge in [-0.25, -0.2) is 0 Å². The van der Waals surface area contributed by atoms with Gasteiger partial charge in [-0.3, -0.25) is 0 Å². The van der Waals surface area contributed by atoms with E-state index in [0.29, 0.717) is 0 Å². The zero-order valence-electron chi connectivity index (χ0n) is 8.10. The fraction of sp³-hybridized carbons (Fsp3) is 0.0769. The second kappa shape index (κ2) is 3.24. The van der Waals surface area contributed by atoms with Crippen molar-refractivity contribution >= 4 is 10.2 Å². The lowest BCUT2D eigenvalue weighted by Crippen LogP contribution is -2.09. The van der Waals surface area contributed by atoms with Gasteiger partial charge in [0.25, 0.3) is 0 Å². The standard InChI is InChI=1S/C13H9OSi/c15-13-9-5-1-3-7-11(9)14-12-8-4-2-6-10(12)13/h1-8,13H. The van der Waals surface area contributed by atoms with Crippen LogP contribution in [0.3, 0.4) is 0 Å². The summed E-state index contributed by atoms with van der Waals surface area (Å²) in [5.74, 6) is 1.88. The van der Waals surface area contributed by atoms with Crippen LogP contribution < -0.4 is 4.74 Å². The van der Waals surface area contributed by atoms with Gasteiger partial charge in [0, 0.05) is 15.8 Å². The van der Waals surface area contributed by atoms with E-state index in [1.165, 1.54) is 11.1 Å². The van der Waals surface area contributed by atoms with Gasteiger partial charge < -0.3 is 4.74 Å². The molecular weight excluding hydrogens is 200 g/mol. The van der Waals surface area contributed by atoms with E-state index in [1.807, 2.05) is 36.4 Å². The van der Waals surface area contributed by atoms with Gasteiger partial charge in [-0.05, 0) is 23.3 Å². The molecule has 0 fully saturated rings. The summed E-state index contributed by atoms with van der Waals surface area (Å²) in [6, 6.07) is 16.2. The van der Waals surface area contributed by atoms with Crippen molar-refractivity contribution in [2.75, 3.05) is 0 Å². The van der Waals surface area contributed by atoms with Crippen molar-refractivity contribution in [1.29, 1.82) is 0 Å². The van der Waals surface area contributed by atoms with E-state index in [2.05, 4.69) is 22.4 Å². The normalized spacial score (nSPS) is 13.9. The van der Waals surface area contributed by atoms with Crippen LogP contribution >= 0.6 is 0 Å². The number of hydrogen-bond donors (Lipinski definition) is 0. The molecule has 1 nitrogen and oxygen atoms in total. The third-order valence-corrected chi connectivity index (χ3v) is 3.30. The number of benzene rings is 2. The van der Waals surface area contributed by atoms with Crippen LogP contribution in [0.2, 0.25) is 0 Å². The third kappa shape index (κ3) is 1.29. The maximum Gasteiger partial charge on any atom is 0.130 e. The fourth-order valence-corrected chi connectivity index (χ4v) is 2.39. The zero-order valence-corrected chi connectivity index (χ0v) is 9.10. The highest BCUT2D eigenvalue weighted by atomic mass is 28.1. The van der Waals surface area contributed by atoms with Gasteiger partial charge in [-0.15, -0.1) is 0 Å². The molecule has 0 N–H and O–H groups in total. The topological polar surface area (TPSA) is 9.23 Å². The molecule has 0 atom stereocenters. The van der Waals surface area contributed by atoms with Gasteiger partial charge in [0.15, 0.2) is 0 Å². The summed E-state index contributed by atoms with van der Waals surface area (Å²) in [6.45, 7) is 0. The Morgan fingerprint density at radius 1 is 0.800 bits per heavy atom. The summed E-state index contributed by atoms with van der Waals surface area (Å²) in [5, 5.41) is 0. The first-order valence-corrected chi connectivity index (χ1v) is 5.51. The lowest BCUT2D eigenvalue weighted by molar-refractivity contribution is 0.458. The molecule has 3 rings (SSSR count). The summed E-state index contributed by atoms with van der Waals surface area (Å²) in [6.07, 6.45) is 0. The van der Waals surface area contributed by atoms with Crippen LogP contribution in [0.15, 0.2) is 48.5 Å². The van der Waals surface area contributed by atoms with Crippen molar-refractivity contribution in [2.24, 2.45) is 0 Å². The smallest absolute Gasteiger partial charge is 0.130 e. The first kappa shape index (κ1) is 8.74. The van der Waals surface area contributed by atoms with Gasteiger partial charge in [-0.1, -0.05) is 36.4 Å². The van der Waals surface area contributed by atoms with Crippen LogP contribution in [-0.2, 0) is 0 Å². The van der Waals surface area contributed by atoms with E-state index >= 15 is 0 Å². The molecule has 3 radical (unpaired) electrons. The lowest BCUT2D eigenvalue weighted by Gasteiger charge is -2.25. The Hall–Kier alpha value is -1.54. The molecule has 15 heavy (non-hydrogen) atoms. The van der Waals surface area contributed by atoms with E-state index in [4.69, 9.17) is 4.74 Å². The summed E-state index contributed by atoms with van der Waals surface area (Å²) < 4.78 is 5.82. The van der Waals surface area contributed by atoms with Crippen molar-refractivity contribution in [3.63, 3.8) is 0 Å². The molecule has 0 aromatic heterocycles. The van der Waals surface area contributed by atoms with E-state index in [9.17, 15) is 0 Å². The minimum Gasteiger partial charge on any atom is -0.457 e. The van der Waals surface area contributed by atoms with Gasteiger partial charge in [0.05, 0.1) is 0 Å². The van der Waals surface area contributed by atoms with Crippen LogP contribution in [0.4, 0.5) is 0 Å². The minimum absolute atomic E-state index is 0.228. The second-order valence-corrected chi connectivity index (χ2v) is 4.19. The van der Waals surface area contributed by atoms with Gasteiger partial charge >= 0.3 is 0 Å². The van der Waals surface area contributed by atoms with Crippen molar-refractivity contribution in [2.45, 2.75) is 5.54 Å². The summed E-state index contributed by atoms with van der Waals surface area (Å²) in [4.78, 5) is 0. The molecular formula is C13H9OSi. The first-order valence-electron chi connectivity index (χ1n) is 4.93. The Bertz CT molecular complexity index is 462. The minimum atomic E-state index is 0.228. The average molecular weight is 209 g/mol. The van der Waals surface area contributed by atoms with Crippen molar-refractivity contribution in [3.05, 3.63) is 59.7 Å². The third-order valence-electron chi connectivity index (χ3n) is 2.68. The van der Waals surface area contributed by atoms with Gasteiger partial charge in [-0.2, -0.15) is 0 Å². The SMILES string of the molecule is [Si]C1c2ccccc2Oc2ccccc21. The quantitative estimate of drug-likeness (QED) is 0.606. The maximum atomic E-state index is 5.82. The molecule has 1 heterocycles. The van der Waals surface area contributed by atoms with Crippen LogP contribution in [0, 0.1) is 0 Å². The van der Waals surface area contributed by atoms with Crippen molar-refractivity contribution in [3.8, 4) is 11.5 Å². The molecule has 2 aromatic rings. The van der Waals surface area contributed by atoms with Gasteiger partial charge in [0.1, 0.15) is 11.5 Å². The second-order valence-electron chi connectivity index (χ2n) is 3.61. The summed E-state index contributed by atoms with van der Waals surface area (Å²) >= 11 is 0. The highest BCUT2D eigenvalue weighted by Crippen LogP contribution is 2.41. The van der Waals surface area contributed by atoms with Crippen molar-refractivity contribution < 1.29 is 4.74 Å². The number of rotatable bonds is 0. The molecule has 0 spiro atoms. The highest BCUT2D eigenvalue weighted by Gasteiger charge is 2.22. The summed E-state index contributed by atoms with van der Waals surface area (Å²) in [7, 11) is 3.76. The highest BCUT2D eigenvalue weighted by molar-refractivity contribution is 6.15. The van der Waals surface area contributed by atoms with E-state index in [0.717, 1.165) is 11.5 Å². The Morgan fingerprint density at radius 3 is 1.80 bits per heavy atom. The monoisotopic (exact) mass is 209 g/mol. The predicted octanol–water partition coefficient (Wildman–Crippen LogP) is 3.05. The number of ether oxygens (including phenoxy) is 1. The molecule has 2 heteroatoms. The molecule has 2 aromatic carbocycles. The van der Waals surface area contributed by atoms with Crippen LogP contribution in [-0.4, -0.2) is 10.2 Å². The van der Waals surface area contributed by atoms with Crippen LogP contribution in [0.1, 0.15) is 16.7 Å². The molecule has 71 valence electrons. The predicted molar refractivity (Wildman–Crippen MR) is 60.6 cm³/mol. The molecule has 0 saturated heterocycles. The summed E-state index contributed by atoms with van der Waals surface area (Å²) in [5.41, 5.74) is 2.60. The van der Waals surface area contributed by atoms with Crippen LogP contribution in [0.5, 0.6) is 11.5 Å².